The molecule has 0 aliphatic carbocycles. The molecule has 0 fully saturated rings. The van der Waals surface area contributed by atoms with Crippen LogP contribution in [0.2, 0.25) is 0 Å². The summed E-state index contributed by atoms with van der Waals surface area (Å²) in [6.45, 7) is 4.34. The quantitative estimate of drug-likeness (QED) is 0.370. The number of rotatable bonds is 5. The second kappa shape index (κ2) is 7.11. The van der Waals surface area contributed by atoms with Crippen LogP contribution < -0.4 is 0 Å². The van der Waals surface area contributed by atoms with E-state index in [2.05, 4.69) is 39.1 Å². The Morgan fingerprint density at radius 2 is 2.09 bits per heavy atom. The second-order valence-corrected chi connectivity index (χ2v) is 4.15. The molecule has 0 bridgehead atoms. The molecule has 0 aromatic heterocycles. The van der Waals surface area contributed by atoms with Gasteiger partial charge < -0.3 is 0 Å². The minimum Gasteiger partial charge on any atom is -0.161 e. The van der Waals surface area contributed by atoms with E-state index in [9.17, 15) is 0 Å². The molecule has 0 aromatic carbocycles. The van der Waals surface area contributed by atoms with E-state index in [1.54, 1.807) is 6.08 Å². The topological polar surface area (TPSA) is 0 Å². The molecule has 2 heteroatoms. The number of hydrogen-bond donors (Lipinski definition) is 2. The van der Waals surface area contributed by atoms with Gasteiger partial charge in [-0.1, -0.05) is 38.8 Å². The maximum absolute atomic E-state index is 7.34. The Morgan fingerprint density at radius 1 is 1.45 bits per heavy atom. The first-order chi connectivity index (χ1) is 5.45. The number of unbranched alkanes of at least 4 members (excludes halogenated alkanes) is 1. The van der Waals surface area contributed by atoms with Gasteiger partial charge in [-0.2, -0.15) is 25.3 Å². The van der Waals surface area contributed by atoms with Gasteiger partial charge in [0.25, 0.3) is 0 Å². The summed E-state index contributed by atoms with van der Waals surface area (Å²) in [7, 11) is 0. The normalized spacial score (nSPS) is 16.9. The van der Waals surface area contributed by atoms with Crippen LogP contribution in [-0.2, 0) is 0 Å². The largest absolute Gasteiger partial charge is 0.161 e. The van der Waals surface area contributed by atoms with E-state index in [4.69, 9.17) is 1.37 Å². The summed E-state index contributed by atoms with van der Waals surface area (Å²) < 4.78 is 6.33. The van der Waals surface area contributed by atoms with E-state index in [0.29, 0.717) is 5.92 Å². The highest BCUT2D eigenvalue weighted by atomic mass is 32.2. The van der Waals surface area contributed by atoms with E-state index < -0.39 is 4.56 Å². The third-order valence-corrected chi connectivity index (χ3v) is 1.88. The molecule has 1 atom stereocenters. The minimum absolute atomic E-state index is 0.536. The summed E-state index contributed by atoms with van der Waals surface area (Å²) >= 11 is 7.93. The molecule has 0 saturated carbocycles. The second-order valence-electron chi connectivity index (χ2n) is 2.84. The highest BCUT2D eigenvalue weighted by Gasteiger charge is 1.95. The van der Waals surface area contributed by atoms with Crippen molar-refractivity contribution in [3.63, 3.8) is 0 Å². The van der Waals surface area contributed by atoms with Crippen molar-refractivity contribution >= 4 is 25.3 Å². The van der Waals surface area contributed by atoms with E-state index >= 15 is 0 Å². The van der Waals surface area contributed by atoms with Gasteiger partial charge in [-0.3, -0.25) is 0 Å². The third-order valence-electron chi connectivity index (χ3n) is 1.59. The summed E-state index contributed by atoms with van der Waals surface area (Å²) in [5.41, 5.74) is 0. The molecule has 0 saturated heterocycles. The van der Waals surface area contributed by atoms with Gasteiger partial charge in [0.2, 0.25) is 0 Å². The fourth-order valence-corrected chi connectivity index (χ4v) is 1.04. The lowest BCUT2D eigenvalue weighted by atomic mass is 10.0. The average Bonchev–Trinajstić information content (AvgIpc) is 1.95. The molecule has 0 heterocycles. The summed E-state index contributed by atoms with van der Waals surface area (Å²) in [6, 6.07) is 0. The summed E-state index contributed by atoms with van der Waals surface area (Å²) in [5.74, 6) is 0.536. The Bertz CT molecular complexity index is 138. The Kier molecular flexibility index (Phi) is 6.16. The zero-order valence-corrected chi connectivity index (χ0v) is 9.04. The van der Waals surface area contributed by atoms with Crippen molar-refractivity contribution in [1.29, 1.82) is 0 Å². The van der Waals surface area contributed by atoms with Crippen LogP contribution in [0.3, 0.4) is 0 Å². The Balaban J connectivity index is 3.68. The molecular weight excluding hydrogens is 172 g/mol. The molecule has 0 amide bonds. The number of hydrogen-bond acceptors (Lipinski definition) is 2. The van der Waals surface area contributed by atoms with Crippen molar-refractivity contribution in [1.82, 2.24) is 0 Å². The van der Waals surface area contributed by atoms with Crippen molar-refractivity contribution in [3.05, 3.63) is 12.2 Å². The standard InChI is InChI=1S/C9H18S2/c1-3-4-5-8(2)6-7-9(10)11/h6-11H,3-5H2,1-2H3/b7-6+/i9D. The van der Waals surface area contributed by atoms with Crippen LogP contribution in [0.4, 0.5) is 0 Å². The SMILES string of the molecule is [2H]C(S)(S)/C=C/C(C)CCCC. The van der Waals surface area contributed by atoms with E-state index in [0.717, 1.165) is 0 Å². The van der Waals surface area contributed by atoms with Crippen LogP contribution >= 0.6 is 25.3 Å². The van der Waals surface area contributed by atoms with Gasteiger partial charge in [0.15, 0.2) is 0 Å². The Morgan fingerprint density at radius 3 is 2.55 bits per heavy atom. The third kappa shape index (κ3) is 8.35. The van der Waals surface area contributed by atoms with Crippen LogP contribution in [0.5, 0.6) is 0 Å². The van der Waals surface area contributed by atoms with Gasteiger partial charge in [0.05, 0.1) is 5.93 Å². The zero-order valence-electron chi connectivity index (χ0n) is 8.25. The first kappa shape index (κ1) is 9.53. The predicted molar refractivity (Wildman–Crippen MR) is 59.6 cm³/mol. The number of thiol groups is 2. The minimum atomic E-state index is -1.01. The Labute approximate surface area is 82.7 Å². The molecule has 0 aliphatic rings. The highest BCUT2D eigenvalue weighted by molar-refractivity contribution is 7.99. The van der Waals surface area contributed by atoms with Gasteiger partial charge in [0, 0.05) is 0 Å². The molecular formula is C9H18S2. The molecule has 0 aliphatic heterocycles. The summed E-state index contributed by atoms with van der Waals surface area (Å²) in [6.07, 6.45) is 7.40. The van der Waals surface area contributed by atoms with Crippen LogP contribution in [0.1, 0.15) is 34.5 Å². The molecule has 0 N–H and O–H groups in total. The molecule has 0 spiro atoms. The summed E-state index contributed by atoms with van der Waals surface area (Å²) in [5, 5.41) is 0. The lowest BCUT2D eigenvalue weighted by Crippen LogP contribution is -1.90. The van der Waals surface area contributed by atoms with Gasteiger partial charge >= 0.3 is 0 Å². The smallest absolute Gasteiger partial charge is 0.0622 e. The van der Waals surface area contributed by atoms with Gasteiger partial charge in [-0.25, -0.2) is 0 Å². The lowest BCUT2D eigenvalue weighted by molar-refractivity contribution is 0.597. The molecule has 0 nitrogen and oxygen atoms in total. The Hall–Kier alpha value is 0.440. The maximum Gasteiger partial charge on any atom is 0.0622 e. The van der Waals surface area contributed by atoms with Crippen LogP contribution in [0, 0.1) is 5.92 Å². The zero-order chi connectivity index (χ0) is 9.61. The lowest BCUT2D eigenvalue weighted by Gasteiger charge is -2.04. The van der Waals surface area contributed by atoms with Crippen LogP contribution in [-0.4, -0.2) is 4.56 Å². The molecule has 0 aromatic rings. The van der Waals surface area contributed by atoms with Crippen molar-refractivity contribution in [2.45, 2.75) is 37.7 Å². The molecule has 0 radical (unpaired) electrons. The first-order valence-corrected chi connectivity index (χ1v) is 4.99. The van der Waals surface area contributed by atoms with Crippen molar-refractivity contribution in [2.24, 2.45) is 5.92 Å². The van der Waals surface area contributed by atoms with Gasteiger partial charge in [-0.05, 0) is 12.3 Å². The average molecular weight is 191 g/mol. The van der Waals surface area contributed by atoms with Crippen LogP contribution in [0.15, 0.2) is 12.2 Å². The summed E-state index contributed by atoms with van der Waals surface area (Å²) in [4.78, 5) is 0. The van der Waals surface area contributed by atoms with E-state index in [1.807, 2.05) is 6.08 Å². The van der Waals surface area contributed by atoms with Gasteiger partial charge in [-0.15, -0.1) is 0 Å². The molecule has 1 unspecified atom stereocenters. The maximum atomic E-state index is 7.34. The van der Waals surface area contributed by atoms with Crippen LogP contribution in [0.25, 0.3) is 0 Å². The van der Waals surface area contributed by atoms with Gasteiger partial charge in [0.1, 0.15) is 0 Å². The molecule has 0 rings (SSSR count). The monoisotopic (exact) mass is 191 g/mol. The molecule has 66 valence electrons. The first-order valence-electron chi connectivity index (χ1n) is 4.60. The van der Waals surface area contributed by atoms with Crippen molar-refractivity contribution in [2.75, 3.05) is 0 Å². The van der Waals surface area contributed by atoms with E-state index in [1.165, 1.54) is 19.3 Å². The van der Waals surface area contributed by atoms with Crippen molar-refractivity contribution < 1.29 is 1.37 Å². The highest BCUT2D eigenvalue weighted by Crippen LogP contribution is 2.11. The van der Waals surface area contributed by atoms with Crippen molar-refractivity contribution in [3.8, 4) is 0 Å². The fraction of sp³-hybridized carbons (Fsp3) is 0.778. The molecule has 11 heavy (non-hydrogen) atoms. The number of allylic oxidation sites excluding steroid dienone is 1. The predicted octanol–water partition coefficient (Wildman–Crippen LogP) is 3.55. The van der Waals surface area contributed by atoms with E-state index in [-0.39, 0.29) is 0 Å². The fourth-order valence-electron chi connectivity index (χ4n) is 0.873.